The lowest BCUT2D eigenvalue weighted by atomic mass is 9.82. The van der Waals surface area contributed by atoms with Crippen molar-refractivity contribution in [2.45, 2.75) is 58.3 Å². The molecule has 0 aliphatic heterocycles. The maximum atomic E-state index is 11.6. The van der Waals surface area contributed by atoms with Crippen LogP contribution in [0.1, 0.15) is 58.3 Å². The summed E-state index contributed by atoms with van der Waals surface area (Å²) in [5.41, 5.74) is 0. The minimum Gasteiger partial charge on any atom is -0.481 e. The van der Waals surface area contributed by atoms with Crippen LogP contribution in [0.3, 0.4) is 0 Å². The fourth-order valence-corrected chi connectivity index (χ4v) is 2.67. The Labute approximate surface area is 121 Å². The largest absolute Gasteiger partial charge is 0.481 e. The molecule has 3 N–H and O–H groups in total. The molecule has 116 valence electrons. The first-order valence-electron chi connectivity index (χ1n) is 7.88. The number of unbranched alkanes of at least 4 members (excludes halogenated alkanes) is 3. The number of carbonyl (C=O) groups excluding carboxylic acids is 1. The summed E-state index contributed by atoms with van der Waals surface area (Å²) in [4.78, 5) is 22.4. The highest BCUT2D eigenvalue weighted by atomic mass is 16.4. The summed E-state index contributed by atoms with van der Waals surface area (Å²) in [6.07, 6.45) is 7.88. The molecule has 1 saturated carbocycles. The number of carboxylic acids is 1. The second kappa shape index (κ2) is 9.61. The third-order valence-electron chi connectivity index (χ3n) is 4.06. The van der Waals surface area contributed by atoms with Crippen molar-refractivity contribution in [2.24, 2.45) is 11.8 Å². The predicted octanol–water partition coefficient (Wildman–Crippen LogP) is 2.76. The molecule has 0 aromatic rings. The number of nitrogens with one attached hydrogen (secondary N) is 2. The number of rotatable bonds is 8. The van der Waals surface area contributed by atoms with E-state index in [-0.39, 0.29) is 11.9 Å². The van der Waals surface area contributed by atoms with Crippen LogP contribution in [0, 0.1) is 11.8 Å². The maximum Gasteiger partial charge on any atom is 0.314 e. The molecule has 0 aromatic carbocycles. The molecule has 1 aliphatic rings. The summed E-state index contributed by atoms with van der Waals surface area (Å²) in [6.45, 7) is 3.56. The topological polar surface area (TPSA) is 78.4 Å². The summed E-state index contributed by atoms with van der Waals surface area (Å²) in [5, 5.41) is 14.7. The number of aliphatic carboxylic acids is 1. The van der Waals surface area contributed by atoms with E-state index in [1.165, 1.54) is 12.8 Å². The fourth-order valence-electron chi connectivity index (χ4n) is 2.67. The molecule has 0 aromatic heterocycles. The van der Waals surface area contributed by atoms with Crippen molar-refractivity contribution < 1.29 is 14.7 Å². The zero-order valence-electron chi connectivity index (χ0n) is 12.5. The van der Waals surface area contributed by atoms with Crippen LogP contribution in [-0.4, -0.2) is 30.2 Å². The van der Waals surface area contributed by atoms with Crippen LogP contribution in [0.5, 0.6) is 0 Å². The molecule has 5 nitrogen and oxygen atoms in total. The molecule has 0 spiro atoms. The van der Waals surface area contributed by atoms with Crippen molar-refractivity contribution in [1.82, 2.24) is 10.6 Å². The highest BCUT2D eigenvalue weighted by molar-refractivity contribution is 5.73. The molecule has 0 heterocycles. The zero-order chi connectivity index (χ0) is 14.8. The quantitative estimate of drug-likeness (QED) is 0.600. The third-order valence-corrected chi connectivity index (χ3v) is 4.06. The van der Waals surface area contributed by atoms with Crippen molar-refractivity contribution >= 4 is 12.0 Å². The van der Waals surface area contributed by atoms with E-state index in [0.717, 1.165) is 45.1 Å². The highest BCUT2D eigenvalue weighted by Gasteiger charge is 2.25. The van der Waals surface area contributed by atoms with E-state index >= 15 is 0 Å². The van der Waals surface area contributed by atoms with Gasteiger partial charge in [0.25, 0.3) is 0 Å². The standard InChI is InChI=1S/C15H28N2O3/c1-2-3-4-5-10-16-15(20)17-11-12-6-8-13(9-7-12)14(18)19/h12-13H,2-11H2,1H3,(H,18,19)(H2,16,17,20). The second-order valence-corrected chi connectivity index (χ2v) is 5.75. The van der Waals surface area contributed by atoms with Crippen LogP contribution in [0.2, 0.25) is 0 Å². The molecule has 20 heavy (non-hydrogen) atoms. The van der Waals surface area contributed by atoms with Crippen molar-refractivity contribution in [3.8, 4) is 0 Å². The molecule has 5 heteroatoms. The van der Waals surface area contributed by atoms with Crippen molar-refractivity contribution in [2.75, 3.05) is 13.1 Å². The number of hydrogen-bond acceptors (Lipinski definition) is 2. The lowest BCUT2D eigenvalue weighted by Crippen LogP contribution is -2.39. The lowest BCUT2D eigenvalue weighted by molar-refractivity contribution is -0.143. The van der Waals surface area contributed by atoms with Crippen LogP contribution >= 0.6 is 0 Å². The van der Waals surface area contributed by atoms with Gasteiger partial charge in [-0.15, -0.1) is 0 Å². The SMILES string of the molecule is CCCCCCNC(=O)NCC1CCC(C(=O)O)CC1. The van der Waals surface area contributed by atoms with Crippen LogP contribution in [-0.2, 0) is 4.79 Å². The van der Waals surface area contributed by atoms with E-state index in [1.54, 1.807) is 0 Å². The van der Waals surface area contributed by atoms with Gasteiger partial charge in [-0.2, -0.15) is 0 Å². The Kier molecular flexibility index (Phi) is 8.07. The Morgan fingerprint density at radius 1 is 1.05 bits per heavy atom. The van der Waals surface area contributed by atoms with Gasteiger partial charge in [0.15, 0.2) is 0 Å². The number of carboxylic acid groups (broad SMARTS) is 1. The van der Waals surface area contributed by atoms with E-state index in [2.05, 4.69) is 17.6 Å². The van der Waals surface area contributed by atoms with Crippen LogP contribution in [0.15, 0.2) is 0 Å². The minimum absolute atomic E-state index is 0.0955. The van der Waals surface area contributed by atoms with E-state index in [1.807, 2.05) is 0 Å². The summed E-state index contributed by atoms with van der Waals surface area (Å²) in [7, 11) is 0. The summed E-state index contributed by atoms with van der Waals surface area (Å²) in [5.74, 6) is -0.434. The normalized spacial score (nSPS) is 22.2. The van der Waals surface area contributed by atoms with E-state index in [0.29, 0.717) is 12.5 Å². The summed E-state index contributed by atoms with van der Waals surface area (Å²) in [6, 6.07) is -0.0955. The van der Waals surface area contributed by atoms with E-state index < -0.39 is 5.97 Å². The number of amides is 2. The Morgan fingerprint density at radius 2 is 1.75 bits per heavy atom. The molecule has 0 bridgehead atoms. The van der Waals surface area contributed by atoms with Gasteiger partial charge in [-0.3, -0.25) is 4.79 Å². The molecule has 0 radical (unpaired) electrons. The highest BCUT2D eigenvalue weighted by Crippen LogP contribution is 2.28. The molecule has 1 fully saturated rings. The first-order valence-corrected chi connectivity index (χ1v) is 7.88. The van der Waals surface area contributed by atoms with Gasteiger partial charge in [-0.1, -0.05) is 26.2 Å². The molecule has 0 saturated heterocycles. The van der Waals surface area contributed by atoms with Gasteiger partial charge in [0, 0.05) is 13.1 Å². The van der Waals surface area contributed by atoms with Gasteiger partial charge < -0.3 is 15.7 Å². The van der Waals surface area contributed by atoms with Gasteiger partial charge in [-0.25, -0.2) is 4.79 Å². The van der Waals surface area contributed by atoms with Crippen molar-refractivity contribution in [3.05, 3.63) is 0 Å². The van der Waals surface area contributed by atoms with Crippen LogP contribution < -0.4 is 10.6 Å². The van der Waals surface area contributed by atoms with Crippen molar-refractivity contribution in [1.29, 1.82) is 0 Å². The molecule has 0 unspecified atom stereocenters. The van der Waals surface area contributed by atoms with Gasteiger partial charge >= 0.3 is 12.0 Å². The molecule has 2 amide bonds. The first kappa shape index (κ1) is 16.8. The Balaban J connectivity index is 2.03. The lowest BCUT2D eigenvalue weighted by Gasteiger charge is -2.26. The summed E-state index contributed by atoms with van der Waals surface area (Å²) < 4.78 is 0. The Morgan fingerprint density at radius 3 is 2.35 bits per heavy atom. The third kappa shape index (κ3) is 6.78. The Bertz CT molecular complexity index is 299. The number of hydrogen-bond donors (Lipinski definition) is 3. The predicted molar refractivity (Wildman–Crippen MR) is 78.6 cm³/mol. The molecule has 1 rings (SSSR count). The maximum absolute atomic E-state index is 11.6. The zero-order valence-corrected chi connectivity index (χ0v) is 12.5. The van der Waals surface area contributed by atoms with Gasteiger partial charge in [0.05, 0.1) is 5.92 Å². The number of carbonyl (C=O) groups is 2. The molecular weight excluding hydrogens is 256 g/mol. The average Bonchev–Trinajstić information content (AvgIpc) is 2.45. The molecule has 1 aliphatic carbocycles. The van der Waals surface area contributed by atoms with Gasteiger partial charge in [0.1, 0.15) is 0 Å². The summed E-state index contributed by atoms with van der Waals surface area (Å²) >= 11 is 0. The fraction of sp³-hybridized carbons (Fsp3) is 0.867. The van der Waals surface area contributed by atoms with Gasteiger partial charge in [-0.05, 0) is 38.0 Å². The van der Waals surface area contributed by atoms with Crippen LogP contribution in [0.4, 0.5) is 4.79 Å². The van der Waals surface area contributed by atoms with E-state index in [4.69, 9.17) is 5.11 Å². The molecule has 0 atom stereocenters. The monoisotopic (exact) mass is 284 g/mol. The molecular formula is C15H28N2O3. The minimum atomic E-state index is -0.679. The smallest absolute Gasteiger partial charge is 0.314 e. The number of urea groups is 1. The second-order valence-electron chi connectivity index (χ2n) is 5.75. The Hall–Kier alpha value is -1.26. The van der Waals surface area contributed by atoms with Gasteiger partial charge in [0.2, 0.25) is 0 Å². The van der Waals surface area contributed by atoms with E-state index in [9.17, 15) is 9.59 Å². The average molecular weight is 284 g/mol. The van der Waals surface area contributed by atoms with Crippen LogP contribution in [0.25, 0.3) is 0 Å². The first-order chi connectivity index (χ1) is 9.63. The van der Waals surface area contributed by atoms with Crippen molar-refractivity contribution in [3.63, 3.8) is 0 Å².